The van der Waals surface area contributed by atoms with E-state index in [1.807, 2.05) is 21.1 Å². The monoisotopic (exact) mass is 1010 g/mol. The number of nitrogens with one attached hydrogen (secondary N) is 1. The van der Waals surface area contributed by atoms with Gasteiger partial charge in [-0.1, -0.05) is 206 Å². The molecule has 406 valence electrons. The van der Waals surface area contributed by atoms with E-state index in [2.05, 4.69) is 141 Å². The molecule has 0 aliphatic heterocycles. The van der Waals surface area contributed by atoms with Crippen molar-refractivity contribution >= 4 is 13.7 Å². The summed E-state index contributed by atoms with van der Waals surface area (Å²) in [5, 5.41) is 24.7. The first-order chi connectivity index (χ1) is 34.4. The number of amides is 1. The SMILES string of the molecule is CC/C=C\C/C=C\C/C=C\C/C=C\C/C=C\C/C=C\C/C=C\C/C=C\C/C=C\CCCCCCCCCC(=O)NC(COP(=O)(O)OCC[N+](C)(C)C)C(O)C(O)CCC/C=C/CCCCCCCCC. The highest BCUT2D eigenvalue weighted by molar-refractivity contribution is 7.47. The fourth-order valence-electron chi connectivity index (χ4n) is 7.37. The molecular formula is C61H106N2O7P+. The largest absolute Gasteiger partial charge is 0.472 e. The van der Waals surface area contributed by atoms with Gasteiger partial charge in [0.05, 0.1) is 39.9 Å². The van der Waals surface area contributed by atoms with Crippen molar-refractivity contribution < 1.29 is 38.0 Å². The third-order valence-electron chi connectivity index (χ3n) is 11.8. The van der Waals surface area contributed by atoms with Crippen molar-refractivity contribution in [2.75, 3.05) is 40.9 Å². The molecule has 0 saturated carbocycles. The molecule has 4 atom stereocenters. The second kappa shape index (κ2) is 50.4. The molecule has 0 bridgehead atoms. The van der Waals surface area contributed by atoms with Gasteiger partial charge in [0, 0.05) is 6.42 Å². The topological polar surface area (TPSA) is 125 Å². The Kier molecular flexibility index (Phi) is 48.2. The Hall–Kier alpha value is -3.14. The van der Waals surface area contributed by atoms with Crippen molar-refractivity contribution in [3.05, 3.63) is 122 Å². The molecule has 0 rings (SSSR count). The molecule has 4 N–H and O–H groups in total. The summed E-state index contributed by atoms with van der Waals surface area (Å²) in [6, 6.07) is -1.06. The van der Waals surface area contributed by atoms with E-state index in [-0.39, 0.29) is 18.9 Å². The van der Waals surface area contributed by atoms with Crippen LogP contribution in [0.25, 0.3) is 0 Å². The highest BCUT2D eigenvalue weighted by Crippen LogP contribution is 2.43. The zero-order chi connectivity index (χ0) is 52.2. The van der Waals surface area contributed by atoms with Gasteiger partial charge in [0.25, 0.3) is 0 Å². The predicted octanol–water partition coefficient (Wildman–Crippen LogP) is 15.9. The zero-order valence-corrected chi connectivity index (χ0v) is 46.7. The van der Waals surface area contributed by atoms with Crippen molar-refractivity contribution in [1.82, 2.24) is 5.32 Å². The normalized spacial score (nSPS) is 15.3. The van der Waals surface area contributed by atoms with Crippen LogP contribution in [0, 0.1) is 0 Å². The maximum Gasteiger partial charge on any atom is 0.472 e. The lowest BCUT2D eigenvalue weighted by molar-refractivity contribution is -0.870. The highest BCUT2D eigenvalue weighted by atomic mass is 31.2. The van der Waals surface area contributed by atoms with Crippen molar-refractivity contribution in [2.45, 2.75) is 218 Å². The van der Waals surface area contributed by atoms with Crippen LogP contribution < -0.4 is 5.32 Å². The number of aliphatic hydroxyl groups is 2. The Balaban J connectivity index is 4.27. The molecule has 1 amide bonds. The van der Waals surface area contributed by atoms with Crippen LogP contribution in [-0.2, 0) is 18.4 Å². The molecule has 0 radical (unpaired) electrons. The molecule has 0 heterocycles. The summed E-state index contributed by atoms with van der Waals surface area (Å²) in [6.07, 6.45) is 71.4. The van der Waals surface area contributed by atoms with Gasteiger partial charge in [-0.3, -0.25) is 13.8 Å². The van der Waals surface area contributed by atoms with Crippen LogP contribution in [0.5, 0.6) is 0 Å². The molecule has 71 heavy (non-hydrogen) atoms. The number of aliphatic hydroxyl groups excluding tert-OH is 2. The van der Waals surface area contributed by atoms with Gasteiger partial charge in [-0.05, 0) is 109 Å². The summed E-state index contributed by atoms with van der Waals surface area (Å²) in [7, 11) is 1.39. The minimum Gasteiger partial charge on any atom is -0.390 e. The van der Waals surface area contributed by atoms with E-state index in [1.165, 1.54) is 64.2 Å². The quantitative estimate of drug-likeness (QED) is 0.0207. The van der Waals surface area contributed by atoms with E-state index in [0.29, 0.717) is 30.3 Å². The van der Waals surface area contributed by atoms with Crippen LogP contribution in [0.2, 0.25) is 0 Å². The summed E-state index contributed by atoms with van der Waals surface area (Å²) in [5.41, 5.74) is 0. The summed E-state index contributed by atoms with van der Waals surface area (Å²) in [5.74, 6) is -0.285. The maximum absolute atomic E-state index is 13.0. The van der Waals surface area contributed by atoms with E-state index < -0.39 is 32.7 Å². The van der Waals surface area contributed by atoms with Gasteiger partial charge in [0.1, 0.15) is 19.3 Å². The third-order valence-corrected chi connectivity index (χ3v) is 12.8. The average molecular weight is 1010 g/mol. The van der Waals surface area contributed by atoms with Crippen molar-refractivity contribution in [1.29, 1.82) is 0 Å². The number of unbranched alkanes of at least 4 members (excludes halogenated alkanes) is 15. The van der Waals surface area contributed by atoms with Crippen LogP contribution in [0.15, 0.2) is 122 Å². The number of phosphoric acid groups is 1. The number of phosphoric ester groups is 1. The smallest absolute Gasteiger partial charge is 0.390 e. The van der Waals surface area contributed by atoms with Crippen LogP contribution >= 0.6 is 7.82 Å². The van der Waals surface area contributed by atoms with E-state index in [0.717, 1.165) is 96.3 Å². The number of nitrogens with zero attached hydrogens (tertiary/aromatic N) is 1. The summed E-state index contributed by atoms with van der Waals surface area (Å²) < 4.78 is 23.6. The number of carbonyl (C=O) groups is 1. The second-order valence-corrected chi connectivity index (χ2v) is 21.2. The van der Waals surface area contributed by atoms with Crippen molar-refractivity contribution in [3.63, 3.8) is 0 Å². The van der Waals surface area contributed by atoms with Crippen LogP contribution in [-0.4, -0.2) is 84.6 Å². The van der Waals surface area contributed by atoms with Crippen LogP contribution in [0.3, 0.4) is 0 Å². The Labute approximate surface area is 436 Å². The molecule has 0 aliphatic carbocycles. The number of rotatable bonds is 49. The Bertz CT molecular complexity index is 1580. The zero-order valence-electron chi connectivity index (χ0n) is 45.8. The summed E-state index contributed by atoms with van der Waals surface area (Å²) >= 11 is 0. The molecule has 0 fully saturated rings. The molecule has 10 heteroatoms. The van der Waals surface area contributed by atoms with E-state index in [4.69, 9.17) is 9.05 Å². The predicted molar refractivity (Wildman–Crippen MR) is 305 cm³/mol. The Morgan fingerprint density at radius 2 is 0.873 bits per heavy atom. The second-order valence-electron chi connectivity index (χ2n) is 19.7. The molecule has 0 aromatic carbocycles. The summed E-state index contributed by atoms with van der Waals surface area (Å²) in [6.45, 7) is 4.43. The van der Waals surface area contributed by atoms with E-state index in [9.17, 15) is 24.5 Å². The molecule has 9 nitrogen and oxygen atoms in total. The summed E-state index contributed by atoms with van der Waals surface area (Å²) in [4.78, 5) is 23.3. The van der Waals surface area contributed by atoms with Gasteiger partial charge in [-0.15, -0.1) is 0 Å². The fraction of sp³-hybridized carbons (Fsp3) is 0.656. The first-order valence-corrected chi connectivity index (χ1v) is 29.5. The molecule has 0 spiro atoms. The minimum atomic E-state index is -4.44. The number of hydrogen-bond donors (Lipinski definition) is 4. The molecule has 0 aromatic heterocycles. The van der Waals surface area contributed by atoms with Gasteiger partial charge < -0.3 is 24.9 Å². The molecule has 0 aromatic rings. The first-order valence-electron chi connectivity index (χ1n) is 28.0. The highest BCUT2D eigenvalue weighted by Gasteiger charge is 2.31. The van der Waals surface area contributed by atoms with Gasteiger partial charge in [0.15, 0.2) is 0 Å². The van der Waals surface area contributed by atoms with Crippen molar-refractivity contribution in [3.8, 4) is 0 Å². The van der Waals surface area contributed by atoms with Gasteiger partial charge in [0.2, 0.25) is 5.91 Å². The Morgan fingerprint density at radius 3 is 1.30 bits per heavy atom. The minimum absolute atomic E-state index is 0.00755. The fourth-order valence-corrected chi connectivity index (χ4v) is 8.11. The lowest BCUT2D eigenvalue weighted by atomic mass is 10.0. The van der Waals surface area contributed by atoms with E-state index >= 15 is 0 Å². The molecule has 0 saturated heterocycles. The van der Waals surface area contributed by atoms with Gasteiger partial charge in [-0.25, -0.2) is 4.57 Å². The average Bonchev–Trinajstić information content (AvgIpc) is 3.33. The molecular weight excluding hydrogens is 904 g/mol. The lowest BCUT2D eigenvalue weighted by Crippen LogP contribution is -2.51. The number of quaternary nitrogens is 1. The third kappa shape index (κ3) is 51.6. The molecule has 4 unspecified atom stereocenters. The first kappa shape index (κ1) is 67.9. The number of hydrogen-bond acceptors (Lipinski definition) is 6. The lowest BCUT2D eigenvalue weighted by Gasteiger charge is -2.28. The molecule has 0 aliphatic rings. The van der Waals surface area contributed by atoms with E-state index in [1.54, 1.807) is 0 Å². The van der Waals surface area contributed by atoms with Crippen LogP contribution in [0.1, 0.15) is 200 Å². The maximum atomic E-state index is 13.0. The Morgan fingerprint density at radius 1 is 0.507 bits per heavy atom. The standard InChI is InChI=1S/C61H105N2O7P/c1-6-8-10-12-14-16-18-20-21-22-23-24-25-26-27-28-29-30-31-32-33-34-35-36-37-38-39-40-41-42-44-46-48-50-52-54-60(65)62-58(57-70-71(67,68)69-56-55-63(3,4)5)61(66)59(64)53-51-49-47-45-43-19-17-15-13-11-9-7-2/h8,10,14,16,20-21,23-24,26-27,29-30,32-33,35-36,38-39,45,47,58-59,61,64,66H,6-7,9,11-13,15,17-19,22,25,28,31,34,37,40-44,46,48-57H2,1-5H3,(H-,62,65,67,68)/p+1/b10-8-,16-14-,21-20-,24-23-,27-26-,30-29-,33-32-,36-35-,39-38-,47-45+. The number of allylic oxidation sites excluding steroid dienone is 20. The van der Waals surface area contributed by atoms with Crippen LogP contribution in [0.4, 0.5) is 0 Å². The van der Waals surface area contributed by atoms with Gasteiger partial charge in [-0.2, -0.15) is 0 Å². The number of carbonyl (C=O) groups excluding carboxylic acids is 1. The number of likely N-dealkylation sites (N-methyl/N-ethyl adjacent to an activating group) is 1. The van der Waals surface area contributed by atoms with Gasteiger partial charge >= 0.3 is 7.82 Å². The van der Waals surface area contributed by atoms with Crippen molar-refractivity contribution in [2.24, 2.45) is 0 Å².